The molecule has 0 spiro atoms. The van der Waals surface area contributed by atoms with Crippen LogP contribution in [0.5, 0.6) is 0 Å². The average Bonchev–Trinajstić information content (AvgIpc) is 2.52. The molecule has 0 bridgehead atoms. The van der Waals surface area contributed by atoms with Gasteiger partial charge in [-0.2, -0.15) is 0 Å². The zero-order valence-electron chi connectivity index (χ0n) is 10.4. The Kier molecular flexibility index (Phi) is 4.45. The van der Waals surface area contributed by atoms with Crippen LogP contribution in [0.25, 0.3) is 11.4 Å². The van der Waals surface area contributed by atoms with Crippen LogP contribution in [-0.4, -0.2) is 32.2 Å². The lowest BCUT2D eigenvalue weighted by atomic mass is 10.1. The summed E-state index contributed by atoms with van der Waals surface area (Å²) in [5, 5.41) is 13.9. The standard InChI is InChI=1S/C13H7N3O4S/c17-12(18)8-1-3-14-10(5-8)11-6-9(2-4-15-11)13(19)20-16-7-21/h1-6H,(H,17,18). The second-order valence-electron chi connectivity index (χ2n) is 3.73. The molecule has 0 saturated heterocycles. The van der Waals surface area contributed by atoms with Gasteiger partial charge in [-0.05, 0) is 41.6 Å². The fraction of sp³-hybridized carbons (Fsp3) is 0. The monoisotopic (exact) mass is 301 g/mol. The number of isothiocyanates is 1. The minimum Gasteiger partial charge on any atom is -0.478 e. The third-order valence-corrected chi connectivity index (χ3v) is 2.51. The van der Waals surface area contributed by atoms with E-state index in [0.717, 1.165) is 0 Å². The van der Waals surface area contributed by atoms with Crippen molar-refractivity contribution in [2.24, 2.45) is 5.16 Å². The Morgan fingerprint density at radius 1 is 1.14 bits per heavy atom. The van der Waals surface area contributed by atoms with Crippen molar-refractivity contribution in [1.29, 1.82) is 0 Å². The number of nitrogens with zero attached hydrogens (tertiary/aromatic N) is 3. The molecular formula is C13H7N3O4S. The highest BCUT2D eigenvalue weighted by atomic mass is 32.1. The molecule has 0 aliphatic heterocycles. The van der Waals surface area contributed by atoms with E-state index in [1.165, 1.54) is 36.7 Å². The summed E-state index contributed by atoms with van der Waals surface area (Å²) in [6.07, 6.45) is 2.73. The van der Waals surface area contributed by atoms with E-state index in [1.807, 2.05) is 5.16 Å². The predicted octanol–water partition coefficient (Wildman–Crippen LogP) is 2.02. The molecule has 0 fully saturated rings. The summed E-state index contributed by atoms with van der Waals surface area (Å²) in [4.78, 5) is 35.1. The third-order valence-electron chi connectivity index (χ3n) is 2.43. The topological polar surface area (TPSA) is 102 Å². The number of carboxylic acid groups (broad SMARTS) is 1. The summed E-state index contributed by atoms with van der Waals surface area (Å²) < 4.78 is 0. The smallest absolute Gasteiger partial charge is 0.366 e. The van der Waals surface area contributed by atoms with Crippen molar-refractivity contribution in [3.8, 4) is 11.4 Å². The molecule has 2 rings (SSSR count). The number of thiocarbonyl (C=S) groups is 1. The van der Waals surface area contributed by atoms with Crippen LogP contribution in [0.2, 0.25) is 0 Å². The van der Waals surface area contributed by atoms with Gasteiger partial charge >= 0.3 is 11.9 Å². The molecule has 7 nitrogen and oxygen atoms in total. The Labute approximate surface area is 123 Å². The molecule has 0 aliphatic carbocycles. The molecule has 104 valence electrons. The van der Waals surface area contributed by atoms with Gasteiger partial charge in [0.25, 0.3) is 0 Å². The molecule has 0 saturated carbocycles. The highest BCUT2D eigenvalue weighted by molar-refractivity contribution is 7.78. The molecule has 8 heteroatoms. The van der Waals surface area contributed by atoms with E-state index in [1.54, 1.807) is 0 Å². The zero-order valence-corrected chi connectivity index (χ0v) is 11.2. The SMILES string of the molecule is O=C(O)c1ccnc(-c2cc(C(=O)ON=C=S)ccn2)c1. The number of carbonyl (C=O) groups is 2. The van der Waals surface area contributed by atoms with Crippen LogP contribution in [0.4, 0.5) is 0 Å². The maximum atomic E-state index is 11.6. The van der Waals surface area contributed by atoms with Gasteiger partial charge in [-0.15, -0.1) is 0 Å². The molecule has 0 aromatic carbocycles. The zero-order chi connectivity index (χ0) is 15.2. The molecule has 0 atom stereocenters. The van der Waals surface area contributed by atoms with Crippen molar-refractivity contribution in [3.63, 3.8) is 0 Å². The quantitative estimate of drug-likeness (QED) is 0.399. The van der Waals surface area contributed by atoms with Crippen molar-refractivity contribution in [2.45, 2.75) is 0 Å². The predicted molar refractivity (Wildman–Crippen MR) is 74.9 cm³/mol. The number of carboxylic acids is 1. The van der Waals surface area contributed by atoms with Crippen molar-refractivity contribution < 1.29 is 19.5 Å². The average molecular weight is 301 g/mol. The van der Waals surface area contributed by atoms with E-state index >= 15 is 0 Å². The second kappa shape index (κ2) is 6.47. The van der Waals surface area contributed by atoms with Crippen LogP contribution in [0, 0.1) is 0 Å². The Morgan fingerprint density at radius 3 is 2.29 bits per heavy atom. The molecule has 0 amide bonds. The van der Waals surface area contributed by atoms with Crippen molar-refractivity contribution in [3.05, 3.63) is 47.8 Å². The molecule has 2 heterocycles. The number of hydrogen-bond acceptors (Lipinski definition) is 7. The number of pyridine rings is 2. The fourth-order valence-corrected chi connectivity index (χ4v) is 1.55. The Bertz CT molecular complexity index is 757. The molecule has 2 aromatic rings. The minimum absolute atomic E-state index is 0.0695. The van der Waals surface area contributed by atoms with Gasteiger partial charge in [-0.25, -0.2) is 9.59 Å². The van der Waals surface area contributed by atoms with Crippen molar-refractivity contribution in [2.75, 3.05) is 0 Å². The van der Waals surface area contributed by atoms with Crippen LogP contribution in [0.1, 0.15) is 20.7 Å². The highest BCUT2D eigenvalue weighted by Gasteiger charge is 2.11. The minimum atomic E-state index is -1.08. The van der Waals surface area contributed by atoms with Gasteiger partial charge < -0.3 is 9.94 Å². The van der Waals surface area contributed by atoms with Crippen LogP contribution >= 0.6 is 12.2 Å². The summed E-state index contributed by atoms with van der Waals surface area (Å²) in [5.41, 5.74) is 0.901. The molecule has 0 unspecified atom stereocenters. The number of rotatable bonds is 4. The lowest BCUT2D eigenvalue weighted by Gasteiger charge is -2.03. The van der Waals surface area contributed by atoms with Gasteiger partial charge in [0.2, 0.25) is 0 Å². The fourth-order valence-electron chi connectivity index (χ4n) is 1.51. The summed E-state index contributed by atoms with van der Waals surface area (Å²) in [5.74, 6) is -1.81. The molecule has 0 radical (unpaired) electrons. The summed E-state index contributed by atoms with van der Waals surface area (Å²) >= 11 is 4.29. The Hall–Kier alpha value is -2.96. The van der Waals surface area contributed by atoms with E-state index in [2.05, 4.69) is 32.2 Å². The van der Waals surface area contributed by atoms with Gasteiger partial charge in [0.15, 0.2) is 0 Å². The number of aromatic nitrogens is 2. The van der Waals surface area contributed by atoms with E-state index in [9.17, 15) is 9.59 Å². The number of carbonyl (C=O) groups excluding carboxylic acids is 1. The number of aromatic carboxylic acids is 1. The Morgan fingerprint density at radius 2 is 1.71 bits per heavy atom. The van der Waals surface area contributed by atoms with Crippen LogP contribution in [-0.2, 0) is 4.84 Å². The van der Waals surface area contributed by atoms with Gasteiger partial charge in [0.05, 0.1) is 22.5 Å². The lowest BCUT2D eigenvalue weighted by molar-refractivity contribution is 0.0520. The first kappa shape index (κ1) is 14.4. The maximum Gasteiger partial charge on any atom is 0.366 e. The van der Waals surface area contributed by atoms with E-state index in [0.29, 0.717) is 11.4 Å². The van der Waals surface area contributed by atoms with Crippen LogP contribution in [0.15, 0.2) is 41.8 Å². The first-order valence-electron chi connectivity index (χ1n) is 5.56. The first-order chi connectivity index (χ1) is 10.1. The maximum absolute atomic E-state index is 11.6. The van der Waals surface area contributed by atoms with Crippen molar-refractivity contribution >= 4 is 29.3 Å². The molecular weight excluding hydrogens is 294 g/mol. The molecule has 2 aromatic heterocycles. The third kappa shape index (κ3) is 3.53. The summed E-state index contributed by atoms with van der Waals surface area (Å²) in [7, 11) is 0. The molecule has 0 aliphatic rings. The van der Waals surface area contributed by atoms with E-state index < -0.39 is 11.9 Å². The Balaban J connectivity index is 2.37. The van der Waals surface area contributed by atoms with E-state index in [-0.39, 0.29) is 11.1 Å². The normalized spacial score (nSPS) is 9.52. The van der Waals surface area contributed by atoms with Gasteiger partial charge in [0.1, 0.15) is 5.16 Å². The van der Waals surface area contributed by atoms with Gasteiger partial charge in [0, 0.05) is 12.4 Å². The van der Waals surface area contributed by atoms with Gasteiger partial charge in [-0.3, -0.25) is 9.97 Å². The van der Waals surface area contributed by atoms with Crippen LogP contribution < -0.4 is 0 Å². The molecule has 21 heavy (non-hydrogen) atoms. The summed E-state index contributed by atoms with van der Waals surface area (Å²) in [6, 6.07) is 5.55. The number of hydrogen-bond donors (Lipinski definition) is 1. The molecule has 1 N–H and O–H groups in total. The van der Waals surface area contributed by atoms with E-state index in [4.69, 9.17) is 5.11 Å². The highest BCUT2D eigenvalue weighted by Crippen LogP contribution is 2.17. The van der Waals surface area contributed by atoms with Crippen LogP contribution in [0.3, 0.4) is 0 Å². The van der Waals surface area contributed by atoms with Crippen molar-refractivity contribution in [1.82, 2.24) is 9.97 Å². The largest absolute Gasteiger partial charge is 0.478 e. The second-order valence-corrected chi connectivity index (χ2v) is 3.91. The lowest BCUT2D eigenvalue weighted by Crippen LogP contribution is -2.02. The van der Waals surface area contributed by atoms with Gasteiger partial charge in [-0.1, -0.05) is 0 Å². The summed E-state index contributed by atoms with van der Waals surface area (Å²) in [6.45, 7) is 0. The first-order valence-corrected chi connectivity index (χ1v) is 5.97.